The summed E-state index contributed by atoms with van der Waals surface area (Å²) >= 11 is 1.96. The predicted molar refractivity (Wildman–Crippen MR) is 61.6 cm³/mol. The summed E-state index contributed by atoms with van der Waals surface area (Å²) in [7, 11) is 0. The van der Waals surface area contributed by atoms with Crippen molar-refractivity contribution in [1.82, 2.24) is 14.7 Å². The average molecular weight is 317 g/mol. The zero-order valence-corrected chi connectivity index (χ0v) is 10.1. The van der Waals surface area contributed by atoms with Crippen LogP contribution in [0.3, 0.4) is 0 Å². The van der Waals surface area contributed by atoms with Gasteiger partial charge in [-0.15, -0.1) is 0 Å². The van der Waals surface area contributed by atoms with Crippen LogP contribution in [0.15, 0.2) is 27.9 Å². The van der Waals surface area contributed by atoms with E-state index in [0.717, 1.165) is 11.5 Å². The van der Waals surface area contributed by atoms with Crippen LogP contribution in [0.25, 0.3) is 0 Å². The van der Waals surface area contributed by atoms with E-state index < -0.39 is 0 Å². The summed E-state index contributed by atoms with van der Waals surface area (Å²) in [5, 5.41) is 3.82. The van der Waals surface area contributed by atoms with Crippen LogP contribution < -0.4 is 5.56 Å². The van der Waals surface area contributed by atoms with E-state index in [1.165, 1.54) is 17.1 Å². The van der Waals surface area contributed by atoms with Crippen LogP contribution in [0.1, 0.15) is 11.5 Å². The first-order valence-electron chi connectivity index (χ1n) is 4.29. The van der Waals surface area contributed by atoms with E-state index in [2.05, 4.69) is 10.1 Å². The Morgan fingerprint density at radius 2 is 2.40 bits per heavy atom. The lowest BCUT2D eigenvalue weighted by Gasteiger charge is -2.01. The molecule has 15 heavy (non-hydrogen) atoms. The van der Waals surface area contributed by atoms with Gasteiger partial charge in [-0.05, 0) is 29.5 Å². The van der Waals surface area contributed by atoms with Gasteiger partial charge in [0.05, 0.1) is 16.4 Å². The molecule has 5 nitrogen and oxygen atoms in total. The molecule has 0 saturated heterocycles. The van der Waals surface area contributed by atoms with Crippen LogP contribution >= 0.6 is 22.6 Å². The SMILES string of the molecule is Cc1cc(Cn2cncc(I)c2=O)no1. The number of aryl methyl sites for hydroxylation is 1. The zero-order chi connectivity index (χ0) is 10.8. The van der Waals surface area contributed by atoms with Gasteiger partial charge in [0, 0.05) is 12.3 Å². The van der Waals surface area contributed by atoms with Crippen molar-refractivity contribution >= 4 is 22.6 Å². The van der Waals surface area contributed by atoms with Crippen molar-refractivity contribution in [3.63, 3.8) is 0 Å². The molecule has 0 fully saturated rings. The van der Waals surface area contributed by atoms with Gasteiger partial charge in [-0.3, -0.25) is 9.36 Å². The first-order valence-corrected chi connectivity index (χ1v) is 5.37. The molecular weight excluding hydrogens is 309 g/mol. The average Bonchev–Trinajstić information content (AvgIpc) is 2.59. The van der Waals surface area contributed by atoms with Crippen molar-refractivity contribution in [1.29, 1.82) is 0 Å². The van der Waals surface area contributed by atoms with Crippen LogP contribution in [-0.4, -0.2) is 14.7 Å². The first kappa shape index (κ1) is 10.3. The first-order chi connectivity index (χ1) is 7.16. The molecule has 2 heterocycles. The van der Waals surface area contributed by atoms with E-state index in [1.807, 2.05) is 29.5 Å². The van der Waals surface area contributed by atoms with Gasteiger partial charge in [-0.1, -0.05) is 5.16 Å². The molecular formula is C9H8IN3O2. The van der Waals surface area contributed by atoms with Gasteiger partial charge in [-0.25, -0.2) is 4.98 Å². The maximum absolute atomic E-state index is 11.6. The van der Waals surface area contributed by atoms with Gasteiger partial charge in [0.1, 0.15) is 11.5 Å². The number of aromatic nitrogens is 3. The Kier molecular flexibility index (Phi) is 2.85. The molecule has 0 bridgehead atoms. The highest BCUT2D eigenvalue weighted by molar-refractivity contribution is 14.1. The Hall–Kier alpha value is -1.18. The Morgan fingerprint density at radius 1 is 1.60 bits per heavy atom. The van der Waals surface area contributed by atoms with Gasteiger partial charge >= 0.3 is 0 Å². The molecule has 0 aliphatic rings. The number of nitrogens with zero attached hydrogens (tertiary/aromatic N) is 3. The molecule has 6 heteroatoms. The van der Waals surface area contributed by atoms with Crippen molar-refractivity contribution in [3.8, 4) is 0 Å². The molecule has 0 aliphatic carbocycles. The monoisotopic (exact) mass is 317 g/mol. The Labute approximate surface area is 99.3 Å². The molecule has 0 spiro atoms. The Morgan fingerprint density at radius 3 is 3.07 bits per heavy atom. The van der Waals surface area contributed by atoms with E-state index in [0.29, 0.717) is 10.1 Å². The lowest BCUT2D eigenvalue weighted by atomic mass is 10.4. The van der Waals surface area contributed by atoms with Crippen LogP contribution in [0.5, 0.6) is 0 Å². The fourth-order valence-corrected chi connectivity index (χ4v) is 1.67. The standard InChI is InChI=1S/C9H8IN3O2/c1-6-2-7(12-15-6)4-13-5-11-3-8(10)9(13)14/h2-3,5H,4H2,1H3. The van der Waals surface area contributed by atoms with Gasteiger partial charge < -0.3 is 4.52 Å². The molecule has 0 N–H and O–H groups in total. The fourth-order valence-electron chi connectivity index (χ4n) is 1.20. The van der Waals surface area contributed by atoms with Crippen LogP contribution in [0, 0.1) is 10.5 Å². The summed E-state index contributed by atoms with van der Waals surface area (Å²) < 4.78 is 7.01. The van der Waals surface area contributed by atoms with Gasteiger partial charge in [-0.2, -0.15) is 0 Å². The third kappa shape index (κ3) is 2.25. The molecule has 0 amide bonds. The molecule has 0 saturated carbocycles. The topological polar surface area (TPSA) is 60.9 Å². The molecule has 2 aromatic heterocycles. The quantitative estimate of drug-likeness (QED) is 0.781. The molecule has 0 aromatic carbocycles. The van der Waals surface area contributed by atoms with Crippen molar-refractivity contribution in [2.45, 2.75) is 13.5 Å². The van der Waals surface area contributed by atoms with Crippen LogP contribution in [0.2, 0.25) is 0 Å². The number of hydrogen-bond donors (Lipinski definition) is 0. The summed E-state index contributed by atoms with van der Waals surface area (Å²) in [5.41, 5.74) is 0.657. The normalized spacial score (nSPS) is 10.5. The lowest BCUT2D eigenvalue weighted by molar-refractivity contribution is 0.388. The summed E-state index contributed by atoms with van der Waals surface area (Å²) in [4.78, 5) is 15.6. The molecule has 78 valence electrons. The minimum absolute atomic E-state index is 0.0637. The van der Waals surface area contributed by atoms with Crippen molar-refractivity contribution in [3.05, 3.63) is 44.0 Å². The largest absolute Gasteiger partial charge is 0.361 e. The highest BCUT2D eigenvalue weighted by atomic mass is 127. The number of rotatable bonds is 2. The molecule has 0 atom stereocenters. The maximum Gasteiger partial charge on any atom is 0.267 e. The number of halogens is 1. The van der Waals surface area contributed by atoms with Crippen LogP contribution in [0.4, 0.5) is 0 Å². The van der Waals surface area contributed by atoms with Crippen molar-refractivity contribution < 1.29 is 4.52 Å². The van der Waals surface area contributed by atoms with E-state index in [1.54, 1.807) is 6.07 Å². The second kappa shape index (κ2) is 4.13. The minimum Gasteiger partial charge on any atom is -0.361 e. The second-order valence-corrected chi connectivity index (χ2v) is 4.27. The molecule has 0 unspecified atom stereocenters. The third-order valence-corrected chi connectivity index (χ3v) is 2.61. The van der Waals surface area contributed by atoms with E-state index in [-0.39, 0.29) is 5.56 Å². The second-order valence-electron chi connectivity index (χ2n) is 3.10. The maximum atomic E-state index is 11.6. The summed E-state index contributed by atoms with van der Waals surface area (Å²) in [6.07, 6.45) is 3.03. The van der Waals surface area contributed by atoms with E-state index in [4.69, 9.17) is 4.52 Å². The summed E-state index contributed by atoms with van der Waals surface area (Å²) in [5.74, 6) is 0.733. The molecule has 2 rings (SSSR count). The van der Waals surface area contributed by atoms with Crippen molar-refractivity contribution in [2.75, 3.05) is 0 Å². The third-order valence-electron chi connectivity index (χ3n) is 1.87. The van der Waals surface area contributed by atoms with Gasteiger partial charge in [0.25, 0.3) is 5.56 Å². The van der Waals surface area contributed by atoms with Gasteiger partial charge in [0.2, 0.25) is 0 Å². The lowest BCUT2D eigenvalue weighted by Crippen LogP contribution is -2.23. The number of hydrogen-bond acceptors (Lipinski definition) is 4. The molecule has 2 aromatic rings. The van der Waals surface area contributed by atoms with Gasteiger partial charge in [0.15, 0.2) is 0 Å². The minimum atomic E-state index is -0.0637. The molecule has 0 aliphatic heterocycles. The summed E-state index contributed by atoms with van der Waals surface area (Å²) in [6, 6.07) is 1.80. The highest BCUT2D eigenvalue weighted by Gasteiger charge is 2.04. The summed E-state index contributed by atoms with van der Waals surface area (Å²) in [6.45, 7) is 2.20. The van der Waals surface area contributed by atoms with E-state index in [9.17, 15) is 4.79 Å². The van der Waals surface area contributed by atoms with Crippen LogP contribution in [-0.2, 0) is 6.54 Å². The van der Waals surface area contributed by atoms with E-state index >= 15 is 0 Å². The smallest absolute Gasteiger partial charge is 0.267 e. The molecule has 0 radical (unpaired) electrons. The van der Waals surface area contributed by atoms with Crippen molar-refractivity contribution in [2.24, 2.45) is 0 Å². The zero-order valence-electron chi connectivity index (χ0n) is 7.98. The Balaban J connectivity index is 2.32. The Bertz CT molecular complexity index is 532. The predicted octanol–water partition coefficient (Wildman–Crippen LogP) is 1.19. The highest BCUT2D eigenvalue weighted by Crippen LogP contribution is 2.03. The fraction of sp³-hybridized carbons (Fsp3) is 0.222.